The zero-order valence-corrected chi connectivity index (χ0v) is 14.2. The first-order chi connectivity index (χ1) is 12.1. The van der Waals surface area contributed by atoms with Crippen molar-refractivity contribution in [3.8, 4) is 0 Å². The summed E-state index contributed by atoms with van der Waals surface area (Å²) >= 11 is 0. The van der Waals surface area contributed by atoms with E-state index in [0.29, 0.717) is 24.4 Å². The van der Waals surface area contributed by atoms with Crippen molar-refractivity contribution in [2.24, 2.45) is 5.92 Å². The smallest absolute Gasteiger partial charge is 0.335 e. The maximum atomic E-state index is 12.4. The Morgan fingerprint density at radius 2 is 2.04 bits per heavy atom. The van der Waals surface area contributed by atoms with Crippen LogP contribution < -0.4 is 0 Å². The van der Waals surface area contributed by atoms with Gasteiger partial charge in [0.1, 0.15) is 0 Å². The lowest BCUT2D eigenvalue weighted by atomic mass is 9.91. The summed E-state index contributed by atoms with van der Waals surface area (Å²) < 4.78 is 1.78. The molecule has 6 nitrogen and oxygen atoms in total. The first kappa shape index (κ1) is 17.2. The fourth-order valence-corrected chi connectivity index (χ4v) is 3.38. The van der Waals surface area contributed by atoms with Gasteiger partial charge < -0.3 is 10.0 Å². The van der Waals surface area contributed by atoms with E-state index in [2.05, 4.69) is 5.10 Å². The van der Waals surface area contributed by atoms with E-state index in [9.17, 15) is 9.59 Å². The SMILES string of the molecule is O=C(O)c1ccc(CC2CCCN(C(=O)CCn3cccn3)C2)cc1. The summed E-state index contributed by atoms with van der Waals surface area (Å²) in [4.78, 5) is 25.3. The number of likely N-dealkylation sites (tertiary alicyclic amines) is 1. The normalized spacial score (nSPS) is 17.4. The number of carboxylic acids is 1. The highest BCUT2D eigenvalue weighted by Gasteiger charge is 2.23. The quantitative estimate of drug-likeness (QED) is 0.876. The van der Waals surface area contributed by atoms with Crippen molar-refractivity contribution in [3.05, 3.63) is 53.9 Å². The molecule has 1 aromatic heterocycles. The molecule has 0 saturated carbocycles. The first-order valence-corrected chi connectivity index (χ1v) is 8.69. The summed E-state index contributed by atoms with van der Waals surface area (Å²) in [5.41, 5.74) is 1.43. The monoisotopic (exact) mass is 341 g/mol. The highest BCUT2D eigenvalue weighted by Crippen LogP contribution is 2.22. The Morgan fingerprint density at radius 1 is 1.24 bits per heavy atom. The number of aryl methyl sites for hydroxylation is 1. The second kappa shape index (κ2) is 7.96. The molecule has 1 atom stereocenters. The van der Waals surface area contributed by atoms with Crippen LogP contribution in [0, 0.1) is 5.92 Å². The standard InChI is InChI=1S/C19H23N3O3/c23-18(8-12-22-11-2-9-20-22)21-10-1-3-16(14-21)13-15-4-6-17(7-5-15)19(24)25/h2,4-7,9,11,16H,1,3,8,10,12-14H2,(H,24,25). The van der Waals surface area contributed by atoms with Gasteiger partial charge in [-0.3, -0.25) is 9.48 Å². The molecule has 3 rings (SSSR count). The van der Waals surface area contributed by atoms with Gasteiger partial charge in [-0.15, -0.1) is 0 Å². The molecule has 0 bridgehead atoms. The Bertz CT molecular complexity index is 710. The summed E-state index contributed by atoms with van der Waals surface area (Å²) in [6, 6.07) is 8.90. The second-order valence-corrected chi connectivity index (χ2v) is 6.57. The number of aromatic nitrogens is 2. The molecule has 0 radical (unpaired) electrons. The number of nitrogens with zero attached hydrogens (tertiary/aromatic N) is 3. The van der Waals surface area contributed by atoms with E-state index in [0.717, 1.165) is 37.9 Å². The van der Waals surface area contributed by atoms with Gasteiger partial charge in [0.2, 0.25) is 5.91 Å². The van der Waals surface area contributed by atoms with Gasteiger partial charge in [-0.25, -0.2) is 4.79 Å². The van der Waals surface area contributed by atoms with Gasteiger partial charge in [-0.2, -0.15) is 5.10 Å². The summed E-state index contributed by atoms with van der Waals surface area (Å²) in [7, 11) is 0. The fraction of sp³-hybridized carbons (Fsp3) is 0.421. The van der Waals surface area contributed by atoms with Crippen LogP contribution in [0.4, 0.5) is 0 Å². The average molecular weight is 341 g/mol. The van der Waals surface area contributed by atoms with Crippen LogP contribution in [-0.4, -0.2) is 44.8 Å². The molecule has 1 unspecified atom stereocenters. The molecular weight excluding hydrogens is 318 g/mol. The van der Waals surface area contributed by atoms with Crippen molar-refractivity contribution in [1.82, 2.24) is 14.7 Å². The third-order valence-electron chi connectivity index (χ3n) is 4.71. The van der Waals surface area contributed by atoms with Gasteiger partial charge in [0.25, 0.3) is 0 Å². The molecule has 6 heteroatoms. The van der Waals surface area contributed by atoms with Crippen LogP contribution in [0.25, 0.3) is 0 Å². The molecule has 1 amide bonds. The lowest BCUT2D eigenvalue weighted by molar-refractivity contribution is -0.133. The highest BCUT2D eigenvalue weighted by atomic mass is 16.4. The number of carbonyl (C=O) groups is 2. The number of hydrogen-bond donors (Lipinski definition) is 1. The zero-order valence-electron chi connectivity index (χ0n) is 14.2. The van der Waals surface area contributed by atoms with Crippen LogP contribution in [0.2, 0.25) is 0 Å². The molecule has 1 saturated heterocycles. The van der Waals surface area contributed by atoms with Gasteiger partial charge in [0.15, 0.2) is 0 Å². The summed E-state index contributed by atoms with van der Waals surface area (Å²) in [6.07, 6.45) is 7.06. The van der Waals surface area contributed by atoms with E-state index in [1.165, 1.54) is 0 Å². The molecule has 2 aromatic rings. The van der Waals surface area contributed by atoms with E-state index in [1.807, 2.05) is 29.3 Å². The predicted molar refractivity (Wildman–Crippen MR) is 93.3 cm³/mol. The summed E-state index contributed by atoms with van der Waals surface area (Å²) in [5, 5.41) is 13.1. The number of aromatic carboxylic acids is 1. The Hall–Kier alpha value is -2.63. The molecule has 1 aliphatic rings. The molecule has 1 fully saturated rings. The van der Waals surface area contributed by atoms with Gasteiger partial charge in [0.05, 0.1) is 5.56 Å². The van der Waals surface area contributed by atoms with Crippen molar-refractivity contribution in [1.29, 1.82) is 0 Å². The largest absolute Gasteiger partial charge is 0.478 e. The minimum Gasteiger partial charge on any atom is -0.478 e. The lowest BCUT2D eigenvalue weighted by Crippen LogP contribution is -2.40. The van der Waals surface area contributed by atoms with Crippen molar-refractivity contribution >= 4 is 11.9 Å². The maximum Gasteiger partial charge on any atom is 0.335 e. The topological polar surface area (TPSA) is 75.4 Å². The Kier molecular flexibility index (Phi) is 5.48. The van der Waals surface area contributed by atoms with Crippen molar-refractivity contribution in [3.63, 3.8) is 0 Å². The van der Waals surface area contributed by atoms with Crippen LogP contribution in [0.15, 0.2) is 42.7 Å². The number of amides is 1. The molecule has 25 heavy (non-hydrogen) atoms. The van der Waals surface area contributed by atoms with E-state index >= 15 is 0 Å². The third kappa shape index (κ3) is 4.68. The molecule has 1 aliphatic heterocycles. The van der Waals surface area contributed by atoms with Crippen LogP contribution >= 0.6 is 0 Å². The van der Waals surface area contributed by atoms with E-state index in [4.69, 9.17) is 5.11 Å². The van der Waals surface area contributed by atoms with E-state index in [-0.39, 0.29) is 5.91 Å². The summed E-state index contributed by atoms with van der Waals surface area (Å²) in [6.45, 7) is 2.22. The molecule has 2 heterocycles. The van der Waals surface area contributed by atoms with Gasteiger partial charge in [0, 0.05) is 38.4 Å². The molecule has 132 valence electrons. The molecule has 0 spiro atoms. The van der Waals surface area contributed by atoms with Gasteiger partial charge in [-0.1, -0.05) is 12.1 Å². The third-order valence-corrected chi connectivity index (χ3v) is 4.71. The predicted octanol–water partition coefficient (Wildman–Crippen LogP) is 2.45. The minimum atomic E-state index is -0.904. The number of carbonyl (C=O) groups excluding carboxylic acids is 1. The van der Waals surface area contributed by atoms with Crippen LogP contribution in [0.3, 0.4) is 0 Å². The number of carboxylic acid groups (broad SMARTS) is 1. The number of piperidine rings is 1. The van der Waals surface area contributed by atoms with Gasteiger partial charge >= 0.3 is 5.97 Å². The Balaban J connectivity index is 1.51. The highest BCUT2D eigenvalue weighted by molar-refractivity contribution is 5.87. The van der Waals surface area contributed by atoms with Crippen molar-refractivity contribution in [2.45, 2.75) is 32.2 Å². The lowest BCUT2D eigenvalue weighted by Gasteiger charge is -2.33. The fourth-order valence-electron chi connectivity index (χ4n) is 3.38. The van der Waals surface area contributed by atoms with Gasteiger partial charge in [-0.05, 0) is 48.9 Å². The Morgan fingerprint density at radius 3 is 2.72 bits per heavy atom. The van der Waals surface area contributed by atoms with E-state index in [1.54, 1.807) is 23.0 Å². The maximum absolute atomic E-state index is 12.4. The van der Waals surface area contributed by atoms with E-state index < -0.39 is 5.97 Å². The number of rotatable bonds is 6. The van der Waals surface area contributed by atoms with Crippen molar-refractivity contribution < 1.29 is 14.7 Å². The zero-order chi connectivity index (χ0) is 17.6. The molecule has 0 aliphatic carbocycles. The number of benzene rings is 1. The average Bonchev–Trinajstić information content (AvgIpc) is 3.14. The van der Waals surface area contributed by atoms with Crippen LogP contribution in [0.5, 0.6) is 0 Å². The second-order valence-electron chi connectivity index (χ2n) is 6.57. The molecule has 1 aromatic carbocycles. The molecule has 1 N–H and O–H groups in total. The Labute approximate surface area is 147 Å². The molecular formula is C19H23N3O3. The minimum absolute atomic E-state index is 0.182. The first-order valence-electron chi connectivity index (χ1n) is 8.69. The van der Waals surface area contributed by atoms with Crippen LogP contribution in [0.1, 0.15) is 35.2 Å². The van der Waals surface area contributed by atoms with Crippen molar-refractivity contribution in [2.75, 3.05) is 13.1 Å². The van der Waals surface area contributed by atoms with Crippen LogP contribution in [-0.2, 0) is 17.8 Å². The summed E-state index contributed by atoms with van der Waals surface area (Å²) in [5.74, 6) is -0.294. The number of hydrogen-bond acceptors (Lipinski definition) is 3.